The van der Waals surface area contributed by atoms with Crippen LogP contribution < -0.4 is 4.90 Å². The molecule has 0 unspecified atom stereocenters. The predicted octanol–water partition coefficient (Wildman–Crippen LogP) is 6.53. The smallest absolute Gasteiger partial charge is 0.266 e. The van der Waals surface area contributed by atoms with Crippen LogP contribution in [0.4, 0.5) is 5.82 Å². The van der Waals surface area contributed by atoms with Crippen molar-refractivity contribution in [1.29, 1.82) is 0 Å². The van der Waals surface area contributed by atoms with E-state index in [0.29, 0.717) is 20.8 Å². The maximum Gasteiger partial charge on any atom is 0.266 e. The molecule has 2 aromatic carbocycles. The minimum atomic E-state index is -0.0868. The van der Waals surface area contributed by atoms with Gasteiger partial charge in [-0.3, -0.25) is 9.69 Å². The van der Waals surface area contributed by atoms with Gasteiger partial charge in [-0.25, -0.2) is 4.98 Å². The van der Waals surface area contributed by atoms with Crippen molar-refractivity contribution in [3.05, 3.63) is 75.7 Å². The van der Waals surface area contributed by atoms with Crippen LogP contribution in [-0.4, -0.2) is 33.2 Å². The van der Waals surface area contributed by atoms with E-state index in [0.717, 1.165) is 59.7 Å². The molecule has 0 atom stereocenters. The summed E-state index contributed by atoms with van der Waals surface area (Å²) in [5.74, 6) is 1.58. The molecule has 4 nitrogen and oxygen atoms in total. The molecule has 33 heavy (non-hydrogen) atoms. The Kier molecular flexibility index (Phi) is 6.41. The summed E-state index contributed by atoms with van der Waals surface area (Å²) in [7, 11) is 0. The molecule has 0 saturated carbocycles. The van der Waals surface area contributed by atoms with Gasteiger partial charge in [-0.15, -0.1) is 0 Å². The number of para-hydroxylation sites is 1. The Labute approximate surface area is 208 Å². The van der Waals surface area contributed by atoms with Crippen LogP contribution >= 0.6 is 35.6 Å². The average molecular weight is 494 g/mol. The molecule has 0 bridgehead atoms. The van der Waals surface area contributed by atoms with Crippen molar-refractivity contribution in [2.45, 2.75) is 26.3 Å². The van der Waals surface area contributed by atoms with Crippen molar-refractivity contribution < 1.29 is 4.79 Å². The van der Waals surface area contributed by atoms with E-state index >= 15 is 0 Å². The number of amides is 1. The summed E-state index contributed by atoms with van der Waals surface area (Å²) in [5, 5.41) is 1.69. The summed E-state index contributed by atoms with van der Waals surface area (Å²) in [5.41, 5.74) is 2.81. The van der Waals surface area contributed by atoms with E-state index in [9.17, 15) is 4.79 Å². The summed E-state index contributed by atoms with van der Waals surface area (Å²) in [4.78, 5) is 22.9. The molecule has 7 heteroatoms. The van der Waals surface area contributed by atoms with Gasteiger partial charge in [0.05, 0.1) is 17.0 Å². The van der Waals surface area contributed by atoms with E-state index in [1.165, 1.54) is 11.8 Å². The van der Waals surface area contributed by atoms with E-state index in [2.05, 4.69) is 24.0 Å². The molecule has 3 aromatic rings. The van der Waals surface area contributed by atoms with Gasteiger partial charge in [0.25, 0.3) is 5.91 Å². The number of benzene rings is 2. The second-order valence-corrected chi connectivity index (χ2v) is 10.7. The molecule has 0 aliphatic carbocycles. The SMILES string of the molecule is CC1CCN(c2nc3ccccc3cc2/C=C2\SC(=S)N(Cc3ccccc3Cl)C2=O)CC1. The maximum atomic E-state index is 13.3. The van der Waals surface area contributed by atoms with Crippen LogP contribution in [0.5, 0.6) is 0 Å². The van der Waals surface area contributed by atoms with E-state index in [1.54, 1.807) is 4.90 Å². The fourth-order valence-corrected chi connectivity index (χ4v) is 5.72. The molecule has 5 rings (SSSR count). The molecule has 0 radical (unpaired) electrons. The summed E-state index contributed by atoms with van der Waals surface area (Å²) in [6.07, 6.45) is 4.25. The largest absolute Gasteiger partial charge is 0.356 e. The van der Waals surface area contributed by atoms with Gasteiger partial charge >= 0.3 is 0 Å². The quantitative estimate of drug-likeness (QED) is 0.305. The number of rotatable bonds is 4. The zero-order valence-corrected chi connectivity index (χ0v) is 20.7. The Bertz CT molecular complexity index is 1270. The van der Waals surface area contributed by atoms with Gasteiger partial charge in [0.15, 0.2) is 0 Å². The van der Waals surface area contributed by atoms with Gasteiger partial charge in [-0.1, -0.05) is 78.9 Å². The van der Waals surface area contributed by atoms with Crippen molar-refractivity contribution in [3.63, 3.8) is 0 Å². The third-order valence-electron chi connectivity index (χ3n) is 6.26. The molecule has 3 heterocycles. The van der Waals surface area contributed by atoms with Gasteiger partial charge in [0, 0.05) is 29.1 Å². The Morgan fingerprint density at radius 3 is 2.67 bits per heavy atom. The van der Waals surface area contributed by atoms with Crippen LogP contribution in [0.15, 0.2) is 59.5 Å². The van der Waals surface area contributed by atoms with Gasteiger partial charge in [-0.2, -0.15) is 0 Å². The molecule has 2 saturated heterocycles. The van der Waals surface area contributed by atoms with E-state index < -0.39 is 0 Å². The fourth-order valence-electron chi connectivity index (χ4n) is 4.28. The first-order valence-electron chi connectivity index (χ1n) is 11.1. The van der Waals surface area contributed by atoms with E-state index in [1.807, 2.05) is 48.5 Å². The highest BCUT2D eigenvalue weighted by Gasteiger charge is 2.33. The Balaban J connectivity index is 1.50. The summed E-state index contributed by atoms with van der Waals surface area (Å²) in [6.45, 7) is 4.62. The molecule has 2 aliphatic rings. The lowest BCUT2D eigenvalue weighted by Gasteiger charge is -2.32. The number of thiocarbonyl (C=S) groups is 1. The van der Waals surface area contributed by atoms with Crippen molar-refractivity contribution in [2.75, 3.05) is 18.0 Å². The van der Waals surface area contributed by atoms with Crippen LogP contribution in [0.2, 0.25) is 5.02 Å². The number of hydrogen-bond donors (Lipinski definition) is 0. The van der Waals surface area contributed by atoms with Crippen molar-refractivity contribution in [3.8, 4) is 0 Å². The van der Waals surface area contributed by atoms with E-state index in [-0.39, 0.29) is 5.91 Å². The number of carbonyl (C=O) groups is 1. The fraction of sp³-hybridized carbons (Fsp3) is 0.269. The number of hydrogen-bond acceptors (Lipinski definition) is 5. The first-order valence-corrected chi connectivity index (χ1v) is 12.7. The van der Waals surface area contributed by atoms with Gasteiger partial charge in [0.2, 0.25) is 0 Å². The van der Waals surface area contributed by atoms with Gasteiger partial charge < -0.3 is 4.90 Å². The standard InChI is InChI=1S/C26H24ClN3OS2/c1-17-10-12-29(13-11-17)24-20(14-18-6-3-5-9-22(18)28-24)15-23-25(31)30(26(32)33-23)16-19-7-2-4-8-21(19)27/h2-9,14-15,17H,10-13,16H2,1H3/b23-15-. The number of anilines is 1. The third-order valence-corrected chi connectivity index (χ3v) is 8.01. The third kappa shape index (κ3) is 4.65. The number of pyridine rings is 1. The average Bonchev–Trinajstić information content (AvgIpc) is 3.08. The molecule has 1 aromatic heterocycles. The Morgan fingerprint density at radius 1 is 1.15 bits per heavy atom. The number of nitrogens with zero attached hydrogens (tertiary/aromatic N) is 3. The first-order chi connectivity index (χ1) is 16.0. The van der Waals surface area contributed by atoms with Crippen molar-refractivity contribution in [1.82, 2.24) is 9.88 Å². The zero-order chi connectivity index (χ0) is 22.9. The lowest BCUT2D eigenvalue weighted by Crippen LogP contribution is -2.34. The van der Waals surface area contributed by atoms with Crippen LogP contribution in [-0.2, 0) is 11.3 Å². The van der Waals surface area contributed by atoms with E-state index in [4.69, 9.17) is 28.8 Å². The van der Waals surface area contributed by atoms with Crippen LogP contribution in [0.25, 0.3) is 17.0 Å². The van der Waals surface area contributed by atoms with Gasteiger partial charge in [0.1, 0.15) is 10.1 Å². The molecule has 168 valence electrons. The van der Waals surface area contributed by atoms with Crippen molar-refractivity contribution >= 4 is 68.6 Å². The minimum absolute atomic E-state index is 0.0868. The normalized spacial score (nSPS) is 18.7. The van der Waals surface area contributed by atoms with Crippen LogP contribution in [0.3, 0.4) is 0 Å². The highest BCUT2D eigenvalue weighted by atomic mass is 35.5. The Hall–Kier alpha value is -2.41. The number of halogens is 1. The molecule has 2 fully saturated rings. The second-order valence-electron chi connectivity index (χ2n) is 8.62. The molecular weight excluding hydrogens is 470 g/mol. The highest BCUT2D eigenvalue weighted by molar-refractivity contribution is 8.26. The van der Waals surface area contributed by atoms with Gasteiger partial charge in [-0.05, 0) is 48.6 Å². The minimum Gasteiger partial charge on any atom is -0.356 e. The monoisotopic (exact) mass is 493 g/mol. The second kappa shape index (κ2) is 9.45. The number of piperidine rings is 1. The number of carbonyl (C=O) groups excluding carboxylic acids is 1. The lowest BCUT2D eigenvalue weighted by molar-refractivity contribution is -0.122. The van der Waals surface area contributed by atoms with Crippen LogP contribution in [0, 0.1) is 5.92 Å². The number of aromatic nitrogens is 1. The maximum absolute atomic E-state index is 13.3. The first kappa shape index (κ1) is 22.4. The molecule has 2 aliphatic heterocycles. The molecule has 0 N–H and O–H groups in total. The summed E-state index contributed by atoms with van der Waals surface area (Å²) in [6, 6.07) is 17.8. The topological polar surface area (TPSA) is 36.4 Å². The summed E-state index contributed by atoms with van der Waals surface area (Å²) >= 11 is 13.2. The predicted molar refractivity (Wildman–Crippen MR) is 143 cm³/mol. The highest BCUT2D eigenvalue weighted by Crippen LogP contribution is 2.37. The number of fused-ring (bicyclic) bond motifs is 1. The molecule has 1 amide bonds. The Morgan fingerprint density at radius 2 is 1.88 bits per heavy atom. The molecular formula is C26H24ClN3OS2. The van der Waals surface area contributed by atoms with Crippen molar-refractivity contribution in [2.24, 2.45) is 5.92 Å². The number of thioether (sulfide) groups is 1. The van der Waals surface area contributed by atoms with Crippen LogP contribution in [0.1, 0.15) is 30.9 Å². The molecule has 0 spiro atoms. The zero-order valence-electron chi connectivity index (χ0n) is 18.3. The lowest BCUT2D eigenvalue weighted by atomic mass is 9.98. The summed E-state index contributed by atoms with van der Waals surface area (Å²) < 4.78 is 0.549.